The number of amides is 2. The fraction of sp³-hybridized carbons (Fsp3) is 0.259. The quantitative estimate of drug-likeness (QED) is 0.505. The van der Waals surface area contributed by atoms with E-state index in [-0.39, 0.29) is 31.4 Å². The van der Waals surface area contributed by atoms with Crippen LogP contribution < -0.4 is 5.32 Å². The molecule has 0 radical (unpaired) electrons. The van der Waals surface area contributed by atoms with Crippen LogP contribution in [0.25, 0.3) is 11.1 Å². The number of anilines is 1. The van der Waals surface area contributed by atoms with Gasteiger partial charge in [-0.25, -0.2) is 9.59 Å². The van der Waals surface area contributed by atoms with Gasteiger partial charge in [-0.3, -0.25) is 15.1 Å². The van der Waals surface area contributed by atoms with Crippen LogP contribution in [-0.2, 0) is 20.7 Å². The Labute approximate surface area is 203 Å². The molecule has 3 aromatic rings. The Hall–Kier alpha value is -4.20. The second kappa shape index (κ2) is 10.4. The zero-order valence-electron chi connectivity index (χ0n) is 19.6. The third kappa shape index (κ3) is 5.16. The summed E-state index contributed by atoms with van der Waals surface area (Å²) in [5, 5.41) is 11.8. The monoisotopic (exact) mass is 473 g/mol. The Morgan fingerprint density at radius 3 is 2.20 bits per heavy atom. The number of benzene rings is 2. The van der Waals surface area contributed by atoms with Crippen LogP contribution in [0.4, 0.5) is 10.5 Å². The second-order valence-electron chi connectivity index (χ2n) is 8.36. The average molecular weight is 474 g/mol. The van der Waals surface area contributed by atoms with Gasteiger partial charge in [-0.05, 0) is 48.2 Å². The van der Waals surface area contributed by atoms with Crippen LogP contribution in [0.1, 0.15) is 36.6 Å². The van der Waals surface area contributed by atoms with Gasteiger partial charge in [0.05, 0.1) is 18.3 Å². The topological polar surface area (TPSA) is 109 Å². The van der Waals surface area contributed by atoms with Crippen molar-refractivity contribution in [2.75, 3.05) is 18.5 Å². The molecule has 1 unspecified atom stereocenters. The Morgan fingerprint density at radius 2 is 1.66 bits per heavy atom. The highest BCUT2D eigenvalue weighted by molar-refractivity contribution is 5.86. The summed E-state index contributed by atoms with van der Waals surface area (Å²) in [6.45, 7) is 3.69. The lowest BCUT2D eigenvalue weighted by atomic mass is 9.98. The maximum atomic E-state index is 12.5. The highest BCUT2D eigenvalue weighted by atomic mass is 16.5. The number of rotatable bonds is 8. The zero-order chi connectivity index (χ0) is 24.9. The standard InChI is InChI=1S/C27H27N3O5/c1-3-30(17(2)26(32)33)25(31)14-18-12-13-19(15-28-18)29-27(34)35-16-24-22-10-6-4-8-20(22)21-9-5-7-11-23(21)24/h4-13,15,17,24H,3,14,16H2,1-2H3,(H,29,34)(H,32,33). The molecule has 180 valence electrons. The largest absolute Gasteiger partial charge is 0.480 e. The number of fused-ring (bicyclic) bond motifs is 3. The molecule has 0 spiro atoms. The Bertz CT molecular complexity index is 1200. The lowest BCUT2D eigenvalue weighted by Crippen LogP contribution is -2.43. The summed E-state index contributed by atoms with van der Waals surface area (Å²) >= 11 is 0. The lowest BCUT2D eigenvalue weighted by molar-refractivity contribution is -0.149. The third-order valence-corrected chi connectivity index (χ3v) is 6.23. The van der Waals surface area contributed by atoms with Crippen molar-refractivity contribution in [2.24, 2.45) is 0 Å². The van der Waals surface area contributed by atoms with Crippen molar-refractivity contribution in [1.29, 1.82) is 0 Å². The van der Waals surface area contributed by atoms with Crippen molar-refractivity contribution in [3.8, 4) is 11.1 Å². The molecule has 0 saturated carbocycles. The maximum Gasteiger partial charge on any atom is 0.411 e. The number of hydrogen-bond donors (Lipinski definition) is 2. The fourth-order valence-electron chi connectivity index (χ4n) is 4.41. The third-order valence-electron chi connectivity index (χ3n) is 6.23. The van der Waals surface area contributed by atoms with Gasteiger partial charge in [0.1, 0.15) is 12.6 Å². The van der Waals surface area contributed by atoms with Gasteiger partial charge in [0.25, 0.3) is 0 Å². The molecular formula is C27H27N3O5. The van der Waals surface area contributed by atoms with Gasteiger partial charge in [0.2, 0.25) is 5.91 Å². The van der Waals surface area contributed by atoms with E-state index in [1.165, 1.54) is 18.0 Å². The number of carboxylic acid groups (broad SMARTS) is 1. The van der Waals surface area contributed by atoms with Crippen LogP contribution in [0.2, 0.25) is 0 Å². The first-order chi connectivity index (χ1) is 16.9. The van der Waals surface area contributed by atoms with Crippen LogP contribution in [0.15, 0.2) is 66.9 Å². The highest BCUT2D eigenvalue weighted by Crippen LogP contribution is 2.44. The van der Waals surface area contributed by atoms with Crippen LogP contribution in [0.5, 0.6) is 0 Å². The predicted molar refractivity (Wildman–Crippen MR) is 131 cm³/mol. The summed E-state index contributed by atoms with van der Waals surface area (Å²) < 4.78 is 5.54. The summed E-state index contributed by atoms with van der Waals surface area (Å²) in [7, 11) is 0. The molecule has 2 amide bonds. The molecule has 2 aromatic carbocycles. The zero-order valence-corrected chi connectivity index (χ0v) is 19.6. The van der Waals surface area contributed by atoms with E-state index in [0.29, 0.717) is 11.4 Å². The van der Waals surface area contributed by atoms with Crippen molar-refractivity contribution >= 4 is 23.7 Å². The van der Waals surface area contributed by atoms with Crippen LogP contribution >= 0.6 is 0 Å². The first-order valence-corrected chi connectivity index (χ1v) is 11.5. The number of hydrogen-bond acceptors (Lipinski definition) is 5. The molecule has 1 atom stereocenters. The molecule has 0 bridgehead atoms. The number of nitrogens with one attached hydrogen (secondary N) is 1. The lowest BCUT2D eigenvalue weighted by Gasteiger charge is -2.24. The molecule has 8 nitrogen and oxygen atoms in total. The molecule has 4 rings (SSSR count). The number of carboxylic acids is 1. The van der Waals surface area contributed by atoms with E-state index in [4.69, 9.17) is 9.84 Å². The SMILES string of the molecule is CCN(C(=O)Cc1ccc(NC(=O)OCC2c3ccccc3-c3ccccc32)cn1)C(C)C(=O)O. The van der Waals surface area contributed by atoms with Gasteiger partial charge >= 0.3 is 12.1 Å². The van der Waals surface area contributed by atoms with E-state index < -0.39 is 18.1 Å². The minimum atomic E-state index is -1.06. The average Bonchev–Trinajstić information content (AvgIpc) is 3.18. The number of aliphatic carboxylic acids is 1. The smallest absolute Gasteiger partial charge is 0.411 e. The minimum Gasteiger partial charge on any atom is -0.480 e. The van der Waals surface area contributed by atoms with Gasteiger partial charge in [0, 0.05) is 18.2 Å². The van der Waals surface area contributed by atoms with Gasteiger partial charge in [-0.2, -0.15) is 0 Å². The van der Waals surface area contributed by atoms with Crippen molar-refractivity contribution in [1.82, 2.24) is 9.88 Å². The molecule has 0 fully saturated rings. The van der Waals surface area contributed by atoms with Crippen molar-refractivity contribution in [3.05, 3.63) is 83.7 Å². The summed E-state index contributed by atoms with van der Waals surface area (Å²) in [4.78, 5) is 41.6. The normalized spacial score (nSPS) is 12.9. The summed E-state index contributed by atoms with van der Waals surface area (Å²) in [5.41, 5.74) is 5.50. The maximum absolute atomic E-state index is 12.5. The number of aromatic nitrogens is 1. The molecule has 8 heteroatoms. The molecular weight excluding hydrogens is 446 g/mol. The van der Waals surface area contributed by atoms with E-state index in [2.05, 4.69) is 34.6 Å². The molecule has 1 heterocycles. The van der Waals surface area contributed by atoms with Crippen LogP contribution in [0, 0.1) is 0 Å². The Morgan fingerprint density at radius 1 is 1.03 bits per heavy atom. The van der Waals surface area contributed by atoms with Crippen LogP contribution in [-0.4, -0.2) is 52.2 Å². The molecule has 35 heavy (non-hydrogen) atoms. The highest BCUT2D eigenvalue weighted by Gasteiger charge is 2.29. The van der Waals surface area contributed by atoms with Gasteiger partial charge < -0.3 is 14.7 Å². The summed E-state index contributed by atoms with van der Waals surface area (Å²) in [6, 6.07) is 18.6. The Balaban J connectivity index is 1.34. The van der Waals surface area contributed by atoms with E-state index >= 15 is 0 Å². The summed E-state index contributed by atoms with van der Waals surface area (Å²) in [5.74, 6) is -1.42. The van der Waals surface area contributed by atoms with Crippen molar-refractivity contribution in [3.63, 3.8) is 0 Å². The minimum absolute atomic E-state index is 0.0311. The van der Waals surface area contributed by atoms with E-state index in [1.54, 1.807) is 19.1 Å². The molecule has 1 aliphatic carbocycles. The van der Waals surface area contributed by atoms with E-state index in [9.17, 15) is 14.4 Å². The number of likely N-dealkylation sites (N-methyl/N-ethyl adjacent to an activating group) is 1. The van der Waals surface area contributed by atoms with Crippen molar-refractivity contribution in [2.45, 2.75) is 32.2 Å². The van der Waals surface area contributed by atoms with E-state index in [0.717, 1.165) is 22.3 Å². The van der Waals surface area contributed by atoms with Gasteiger partial charge in [-0.15, -0.1) is 0 Å². The number of carbonyl (C=O) groups excluding carboxylic acids is 2. The molecule has 1 aromatic heterocycles. The number of ether oxygens (including phenoxy) is 1. The fourth-order valence-corrected chi connectivity index (χ4v) is 4.41. The van der Waals surface area contributed by atoms with E-state index in [1.807, 2.05) is 24.3 Å². The Kier molecular flexibility index (Phi) is 7.10. The van der Waals surface area contributed by atoms with Crippen LogP contribution in [0.3, 0.4) is 0 Å². The predicted octanol–water partition coefficient (Wildman–Crippen LogP) is 4.31. The first kappa shape index (κ1) is 23.9. The second-order valence-corrected chi connectivity index (χ2v) is 8.36. The first-order valence-electron chi connectivity index (χ1n) is 11.5. The summed E-state index contributed by atoms with van der Waals surface area (Å²) in [6.07, 6.45) is 0.822. The number of pyridine rings is 1. The molecule has 2 N–H and O–H groups in total. The van der Waals surface area contributed by atoms with Crippen molar-refractivity contribution < 1.29 is 24.2 Å². The van der Waals surface area contributed by atoms with Gasteiger partial charge in [0.15, 0.2) is 0 Å². The molecule has 0 aliphatic heterocycles. The van der Waals surface area contributed by atoms with Gasteiger partial charge in [-0.1, -0.05) is 48.5 Å². The number of carbonyl (C=O) groups is 3. The number of nitrogens with zero attached hydrogens (tertiary/aromatic N) is 2. The molecule has 0 saturated heterocycles. The molecule has 1 aliphatic rings.